The molecule has 0 saturated carbocycles. The van der Waals surface area contributed by atoms with Crippen molar-refractivity contribution in [3.8, 4) is 0 Å². The molecule has 0 aliphatic carbocycles. The molecule has 0 unspecified atom stereocenters. The summed E-state index contributed by atoms with van der Waals surface area (Å²) < 4.78 is 0.735. The SMILES string of the molecule is O=C(Nc1ccc(Cl)cc1C(=O)c1ccccc1Cl)c1cc2cc([N+](=O)[O-])ccc2s1. The van der Waals surface area contributed by atoms with Crippen molar-refractivity contribution in [1.82, 2.24) is 0 Å². The second kappa shape index (κ2) is 8.47. The number of benzene rings is 3. The number of rotatable bonds is 5. The molecule has 0 fully saturated rings. The van der Waals surface area contributed by atoms with E-state index in [1.165, 1.54) is 29.5 Å². The lowest BCUT2D eigenvalue weighted by atomic mass is 10.0. The van der Waals surface area contributed by atoms with Gasteiger partial charge in [-0.1, -0.05) is 35.3 Å². The Bertz CT molecular complexity index is 1370. The Morgan fingerprint density at radius 1 is 0.935 bits per heavy atom. The molecule has 3 aromatic carbocycles. The number of fused-ring (bicyclic) bond motifs is 1. The molecule has 4 aromatic rings. The lowest BCUT2D eigenvalue weighted by Crippen LogP contribution is -2.14. The number of nitro groups is 1. The van der Waals surface area contributed by atoms with Crippen LogP contribution in [0, 0.1) is 10.1 Å². The average molecular weight is 471 g/mol. The van der Waals surface area contributed by atoms with E-state index < -0.39 is 10.8 Å². The first-order valence-corrected chi connectivity index (χ1v) is 10.5. The van der Waals surface area contributed by atoms with E-state index in [4.69, 9.17) is 23.2 Å². The summed E-state index contributed by atoms with van der Waals surface area (Å²) in [7, 11) is 0. The number of carbonyl (C=O) groups is 2. The summed E-state index contributed by atoms with van der Waals surface area (Å²) in [6, 6.07) is 17.2. The molecule has 1 aromatic heterocycles. The van der Waals surface area contributed by atoms with E-state index >= 15 is 0 Å². The van der Waals surface area contributed by atoms with E-state index in [1.807, 2.05) is 0 Å². The Morgan fingerprint density at radius 2 is 1.71 bits per heavy atom. The molecule has 9 heteroatoms. The van der Waals surface area contributed by atoms with Crippen LogP contribution in [0.25, 0.3) is 10.1 Å². The number of hydrogen-bond donors (Lipinski definition) is 1. The topological polar surface area (TPSA) is 89.3 Å². The Labute approximate surface area is 190 Å². The van der Waals surface area contributed by atoms with Crippen LogP contribution in [-0.4, -0.2) is 16.6 Å². The second-order valence-corrected chi connectivity index (χ2v) is 8.47. The minimum absolute atomic E-state index is 0.0532. The van der Waals surface area contributed by atoms with Crippen molar-refractivity contribution in [2.24, 2.45) is 0 Å². The zero-order valence-electron chi connectivity index (χ0n) is 15.6. The first-order chi connectivity index (χ1) is 14.8. The Hall–Kier alpha value is -3.26. The fraction of sp³-hybridized carbons (Fsp3) is 0. The summed E-state index contributed by atoms with van der Waals surface area (Å²) in [6.45, 7) is 0. The number of carbonyl (C=O) groups excluding carboxylic acids is 2. The number of non-ortho nitro benzene ring substituents is 1. The van der Waals surface area contributed by atoms with Crippen molar-refractivity contribution in [2.75, 3.05) is 5.32 Å². The molecule has 0 aliphatic heterocycles. The number of thiophene rings is 1. The van der Waals surface area contributed by atoms with E-state index in [1.54, 1.807) is 48.5 Å². The molecule has 0 aliphatic rings. The number of nitro benzene ring substituents is 1. The maximum Gasteiger partial charge on any atom is 0.270 e. The highest BCUT2D eigenvalue weighted by atomic mass is 35.5. The average Bonchev–Trinajstić information content (AvgIpc) is 3.18. The number of amides is 1. The van der Waals surface area contributed by atoms with Gasteiger partial charge in [-0.15, -0.1) is 11.3 Å². The van der Waals surface area contributed by atoms with Crippen LogP contribution in [-0.2, 0) is 0 Å². The van der Waals surface area contributed by atoms with Gasteiger partial charge in [-0.05, 0) is 42.5 Å². The minimum Gasteiger partial charge on any atom is -0.321 e. The monoisotopic (exact) mass is 470 g/mol. The fourth-order valence-corrected chi connectivity index (χ4v) is 4.38. The predicted octanol–water partition coefficient (Wildman–Crippen LogP) is 6.60. The summed E-state index contributed by atoms with van der Waals surface area (Å²) in [4.78, 5) is 36.7. The van der Waals surface area contributed by atoms with Gasteiger partial charge in [0.15, 0.2) is 5.78 Å². The van der Waals surface area contributed by atoms with Crippen LogP contribution >= 0.6 is 34.5 Å². The van der Waals surface area contributed by atoms with Gasteiger partial charge in [0.2, 0.25) is 0 Å². The third-order valence-corrected chi connectivity index (χ3v) is 6.21. The minimum atomic E-state index is -0.489. The second-order valence-electron chi connectivity index (χ2n) is 6.54. The lowest BCUT2D eigenvalue weighted by Gasteiger charge is -2.11. The number of nitrogens with zero attached hydrogens (tertiary/aromatic N) is 1. The maximum absolute atomic E-state index is 13.0. The highest BCUT2D eigenvalue weighted by Crippen LogP contribution is 2.31. The van der Waals surface area contributed by atoms with Crippen LogP contribution in [0.5, 0.6) is 0 Å². The highest BCUT2D eigenvalue weighted by Gasteiger charge is 2.20. The van der Waals surface area contributed by atoms with Gasteiger partial charge in [-0.25, -0.2) is 0 Å². The summed E-state index contributed by atoms with van der Waals surface area (Å²) in [5.74, 6) is -0.824. The van der Waals surface area contributed by atoms with E-state index in [2.05, 4.69) is 5.32 Å². The van der Waals surface area contributed by atoms with Crippen LogP contribution in [0.1, 0.15) is 25.6 Å². The van der Waals surface area contributed by atoms with Crippen LogP contribution < -0.4 is 5.32 Å². The van der Waals surface area contributed by atoms with Gasteiger partial charge in [-0.2, -0.15) is 0 Å². The molecular formula is C22H12Cl2N2O4S. The van der Waals surface area contributed by atoms with Crippen molar-refractivity contribution in [3.63, 3.8) is 0 Å². The van der Waals surface area contributed by atoms with E-state index in [9.17, 15) is 19.7 Å². The largest absolute Gasteiger partial charge is 0.321 e. The van der Waals surface area contributed by atoms with Gasteiger partial charge in [0.1, 0.15) is 0 Å². The number of ketones is 1. The van der Waals surface area contributed by atoms with E-state index in [0.29, 0.717) is 15.3 Å². The van der Waals surface area contributed by atoms with Gasteiger partial charge in [-0.3, -0.25) is 19.7 Å². The molecule has 31 heavy (non-hydrogen) atoms. The number of hydrogen-bond acceptors (Lipinski definition) is 5. The molecular weight excluding hydrogens is 459 g/mol. The highest BCUT2D eigenvalue weighted by molar-refractivity contribution is 7.20. The quantitative estimate of drug-likeness (QED) is 0.202. The molecule has 4 rings (SSSR count). The van der Waals surface area contributed by atoms with Gasteiger partial charge < -0.3 is 5.32 Å². The van der Waals surface area contributed by atoms with Gasteiger partial charge in [0, 0.05) is 38.4 Å². The molecule has 154 valence electrons. The third kappa shape index (κ3) is 4.29. The lowest BCUT2D eigenvalue weighted by molar-refractivity contribution is -0.384. The molecule has 0 bridgehead atoms. The molecule has 0 radical (unpaired) electrons. The van der Waals surface area contributed by atoms with Crippen LogP contribution in [0.3, 0.4) is 0 Å². The normalized spacial score (nSPS) is 10.8. The first kappa shape index (κ1) is 21.0. The van der Waals surface area contributed by atoms with E-state index in [0.717, 1.165) is 4.70 Å². The molecule has 0 saturated heterocycles. The van der Waals surface area contributed by atoms with Gasteiger partial charge >= 0.3 is 0 Å². The zero-order valence-corrected chi connectivity index (χ0v) is 17.9. The van der Waals surface area contributed by atoms with Crippen LogP contribution in [0.15, 0.2) is 66.7 Å². The van der Waals surface area contributed by atoms with Crippen LogP contribution in [0.4, 0.5) is 11.4 Å². The number of nitrogens with one attached hydrogen (secondary N) is 1. The Balaban J connectivity index is 1.67. The molecule has 1 N–H and O–H groups in total. The van der Waals surface area contributed by atoms with Crippen molar-refractivity contribution >= 4 is 67.7 Å². The van der Waals surface area contributed by atoms with Crippen LogP contribution in [0.2, 0.25) is 10.0 Å². The fourth-order valence-electron chi connectivity index (χ4n) is 3.04. The van der Waals surface area contributed by atoms with E-state index in [-0.39, 0.29) is 33.3 Å². The molecule has 1 heterocycles. The van der Waals surface area contributed by atoms with Crippen molar-refractivity contribution in [3.05, 3.63) is 103 Å². The number of anilines is 1. The Kier molecular flexibility index (Phi) is 5.73. The molecule has 0 spiro atoms. The molecule has 6 nitrogen and oxygen atoms in total. The summed E-state index contributed by atoms with van der Waals surface area (Å²) >= 11 is 13.4. The smallest absolute Gasteiger partial charge is 0.270 e. The van der Waals surface area contributed by atoms with Crippen molar-refractivity contribution < 1.29 is 14.5 Å². The van der Waals surface area contributed by atoms with Crippen molar-refractivity contribution in [1.29, 1.82) is 0 Å². The molecule has 1 amide bonds. The predicted molar refractivity (Wildman–Crippen MR) is 123 cm³/mol. The zero-order chi connectivity index (χ0) is 22.1. The number of halogens is 2. The molecule has 0 atom stereocenters. The maximum atomic E-state index is 13.0. The summed E-state index contributed by atoms with van der Waals surface area (Å²) in [5.41, 5.74) is 0.715. The summed E-state index contributed by atoms with van der Waals surface area (Å²) in [6.07, 6.45) is 0. The van der Waals surface area contributed by atoms with Crippen molar-refractivity contribution in [2.45, 2.75) is 0 Å². The third-order valence-electron chi connectivity index (χ3n) is 4.53. The standard InChI is InChI=1S/C22H12Cl2N2O4S/c23-13-5-7-18(16(11-13)21(27)15-3-1-2-4-17(15)24)25-22(28)20-10-12-9-14(26(29)30)6-8-19(12)31-20/h1-11H,(H,25,28). The van der Waals surface area contributed by atoms with Gasteiger partial charge in [0.25, 0.3) is 11.6 Å². The Morgan fingerprint density at radius 3 is 2.45 bits per heavy atom. The van der Waals surface area contributed by atoms with Gasteiger partial charge in [0.05, 0.1) is 20.5 Å². The first-order valence-electron chi connectivity index (χ1n) is 8.91. The summed E-state index contributed by atoms with van der Waals surface area (Å²) in [5, 5.41) is 14.9.